The summed E-state index contributed by atoms with van der Waals surface area (Å²) in [6, 6.07) is 11.9. The lowest BCUT2D eigenvalue weighted by molar-refractivity contribution is 0.208. The zero-order chi connectivity index (χ0) is 18.5. The molecule has 138 valence electrons. The lowest BCUT2D eigenvalue weighted by Crippen LogP contribution is -2.50. The van der Waals surface area contributed by atoms with Gasteiger partial charge >= 0.3 is 6.03 Å². The number of nitrogens with one attached hydrogen (secondary N) is 1. The summed E-state index contributed by atoms with van der Waals surface area (Å²) in [7, 11) is 3.88. The van der Waals surface area contributed by atoms with Gasteiger partial charge in [0.05, 0.1) is 0 Å². The topological polar surface area (TPSA) is 64.6 Å². The highest BCUT2D eigenvalue weighted by Crippen LogP contribution is 2.16. The molecule has 7 heteroatoms. The Kier molecular flexibility index (Phi) is 5.55. The van der Waals surface area contributed by atoms with Crippen molar-refractivity contribution in [2.75, 3.05) is 55.4 Å². The molecule has 0 radical (unpaired) electrons. The Bertz CT molecular complexity index is 721. The molecule has 3 rings (SSSR count). The highest BCUT2D eigenvalue weighted by atomic mass is 16.2. The average molecular weight is 354 g/mol. The van der Waals surface area contributed by atoms with E-state index in [1.807, 2.05) is 60.3 Å². The van der Waals surface area contributed by atoms with E-state index >= 15 is 0 Å². The van der Waals surface area contributed by atoms with Gasteiger partial charge in [0.15, 0.2) is 11.6 Å². The van der Waals surface area contributed by atoms with Crippen molar-refractivity contribution >= 4 is 23.4 Å². The average Bonchev–Trinajstić information content (AvgIpc) is 2.69. The second kappa shape index (κ2) is 8.03. The minimum absolute atomic E-state index is 0.0528. The molecular formula is C19H26N6O. The van der Waals surface area contributed by atoms with E-state index < -0.39 is 0 Å². The van der Waals surface area contributed by atoms with E-state index in [9.17, 15) is 4.79 Å². The third kappa shape index (κ3) is 4.22. The van der Waals surface area contributed by atoms with Gasteiger partial charge in [-0.3, -0.25) is 0 Å². The maximum absolute atomic E-state index is 12.4. The zero-order valence-electron chi connectivity index (χ0n) is 15.6. The number of hydrogen-bond acceptors (Lipinski definition) is 5. The molecule has 1 N–H and O–H groups in total. The highest BCUT2D eigenvalue weighted by molar-refractivity contribution is 5.89. The first-order valence-electron chi connectivity index (χ1n) is 8.97. The lowest BCUT2D eigenvalue weighted by atomic mass is 10.1. The standard InChI is InChI=1S/C19H26N6O/c1-4-15-5-7-16(8-6-15)20-19(26)25-13-11-24(12-14-25)18-10-9-17(21-22-18)23(2)3/h5-10H,4,11-14H2,1-3H3,(H,20,26). The lowest BCUT2D eigenvalue weighted by Gasteiger charge is -2.35. The smallest absolute Gasteiger partial charge is 0.321 e. The molecule has 26 heavy (non-hydrogen) atoms. The number of hydrogen-bond donors (Lipinski definition) is 1. The summed E-state index contributed by atoms with van der Waals surface area (Å²) in [5.41, 5.74) is 2.10. The minimum Gasteiger partial charge on any atom is -0.361 e. The summed E-state index contributed by atoms with van der Waals surface area (Å²) in [5, 5.41) is 11.5. The first-order valence-corrected chi connectivity index (χ1v) is 8.97. The van der Waals surface area contributed by atoms with Crippen LogP contribution in [0.2, 0.25) is 0 Å². The van der Waals surface area contributed by atoms with E-state index in [4.69, 9.17) is 0 Å². The van der Waals surface area contributed by atoms with Crippen LogP contribution in [0.25, 0.3) is 0 Å². The van der Waals surface area contributed by atoms with E-state index in [-0.39, 0.29) is 6.03 Å². The second-order valence-electron chi connectivity index (χ2n) is 6.60. The van der Waals surface area contributed by atoms with Crippen LogP contribution in [0.1, 0.15) is 12.5 Å². The summed E-state index contributed by atoms with van der Waals surface area (Å²) in [4.78, 5) is 18.4. The monoisotopic (exact) mass is 354 g/mol. The number of aromatic nitrogens is 2. The van der Waals surface area contributed by atoms with Crippen LogP contribution in [-0.2, 0) is 6.42 Å². The molecule has 1 aromatic heterocycles. The van der Waals surface area contributed by atoms with Crippen LogP contribution in [0.3, 0.4) is 0 Å². The number of urea groups is 1. The summed E-state index contributed by atoms with van der Waals surface area (Å²) in [6.45, 7) is 4.94. The molecule has 1 saturated heterocycles. The fourth-order valence-electron chi connectivity index (χ4n) is 2.89. The van der Waals surface area contributed by atoms with E-state index in [0.29, 0.717) is 13.1 Å². The number of aryl methyl sites for hydroxylation is 1. The molecule has 1 aliphatic rings. The first kappa shape index (κ1) is 18.0. The molecule has 0 atom stereocenters. The Labute approximate surface area is 154 Å². The molecule has 1 aliphatic heterocycles. The normalized spacial score (nSPS) is 14.3. The maximum atomic E-state index is 12.4. The number of anilines is 3. The van der Waals surface area contributed by atoms with Gasteiger partial charge in [-0.05, 0) is 36.2 Å². The van der Waals surface area contributed by atoms with Gasteiger partial charge < -0.3 is 20.0 Å². The number of benzene rings is 1. The number of nitrogens with zero attached hydrogens (tertiary/aromatic N) is 5. The zero-order valence-corrected chi connectivity index (χ0v) is 15.6. The van der Waals surface area contributed by atoms with Crippen LogP contribution in [0, 0.1) is 0 Å². The number of carbonyl (C=O) groups is 1. The van der Waals surface area contributed by atoms with Crippen LogP contribution >= 0.6 is 0 Å². The van der Waals surface area contributed by atoms with E-state index in [0.717, 1.165) is 36.8 Å². The van der Waals surface area contributed by atoms with Gasteiger partial charge in [0, 0.05) is 46.0 Å². The molecule has 2 amide bonds. The molecular weight excluding hydrogens is 328 g/mol. The molecule has 1 aromatic carbocycles. The Morgan fingerprint density at radius 2 is 1.73 bits per heavy atom. The third-order valence-corrected chi connectivity index (χ3v) is 4.60. The van der Waals surface area contributed by atoms with Crippen LogP contribution in [0.4, 0.5) is 22.1 Å². The van der Waals surface area contributed by atoms with Gasteiger partial charge in [-0.15, -0.1) is 10.2 Å². The molecule has 1 fully saturated rings. The predicted octanol–water partition coefficient (Wildman–Crippen LogP) is 2.46. The van der Waals surface area contributed by atoms with Gasteiger partial charge in [0.1, 0.15) is 0 Å². The summed E-state index contributed by atoms with van der Waals surface area (Å²) in [6.07, 6.45) is 0.995. The molecule has 0 unspecified atom stereocenters. The Balaban J connectivity index is 1.53. The van der Waals surface area contributed by atoms with Crippen molar-refractivity contribution in [1.82, 2.24) is 15.1 Å². The van der Waals surface area contributed by atoms with Crippen molar-refractivity contribution in [1.29, 1.82) is 0 Å². The Hall–Kier alpha value is -2.83. The third-order valence-electron chi connectivity index (χ3n) is 4.60. The number of amides is 2. The quantitative estimate of drug-likeness (QED) is 0.914. The second-order valence-corrected chi connectivity index (χ2v) is 6.60. The van der Waals surface area contributed by atoms with Crippen LogP contribution in [0.5, 0.6) is 0 Å². The SMILES string of the molecule is CCc1ccc(NC(=O)N2CCN(c3ccc(N(C)C)nn3)CC2)cc1. The minimum atomic E-state index is -0.0528. The van der Waals surface area contributed by atoms with Crippen molar-refractivity contribution in [2.24, 2.45) is 0 Å². The van der Waals surface area contributed by atoms with Gasteiger partial charge in [0.25, 0.3) is 0 Å². The van der Waals surface area contributed by atoms with Crippen molar-refractivity contribution < 1.29 is 4.79 Å². The number of carbonyl (C=O) groups excluding carboxylic acids is 1. The van der Waals surface area contributed by atoms with E-state index in [1.54, 1.807) is 0 Å². The molecule has 0 spiro atoms. The van der Waals surface area contributed by atoms with Crippen LogP contribution in [0.15, 0.2) is 36.4 Å². The molecule has 2 aromatic rings. The fourth-order valence-corrected chi connectivity index (χ4v) is 2.89. The van der Waals surface area contributed by atoms with Crippen molar-refractivity contribution in [3.05, 3.63) is 42.0 Å². The van der Waals surface area contributed by atoms with Crippen LogP contribution < -0.4 is 15.1 Å². The van der Waals surface area contributed by atoms with Crippen molar-refractivity contribution in [3.8, 4) is 0 Å². The van der Waals surface area contributed by atoms with E-state index in [2.05, 4.69) is 27.3 Å². The summed E-state index contributed by atoms with van der Waals surface area (Å²) in [5.74, 6) is 1.69. The largest absolute Gasteiger partial charge is 0.361 e. The van der Waals surface area contributed by atoms with E-state index in [1.165, 1.54) is 5.56 Å². The number of piperazine rings is 1. The van der Waals surface area contributed by atoms with Gasteiger partial charge in [-0.1, -0.05) is 19.1 Å². The maximum Gasteiger partial charge on any atom is 0.321 e. The molecule has 0 saturated carbocycles. The predicted molar refractivity (Wildman–Crippen MR) is 105 cm³/mol. The Morgan fingerprint density at radius 1 is 1.04 bits per heavy atom. The van der Waals surface area contributed by atoms with Gasteiger partial charge in [-0.25, -0.2) is 4.79 Å². The van der Waals surface area contributed by atoms with Gasteiger partial charge in [0.2, 0.25) is 0 Å². The van der Waals surface area contributed by atoms with Crippen LogP contribution in [-0.4, -0.2) is 61.4 Å². The summed E-state index contributed by atoms with van der Waals surface area (Å²) >= 11 is 0. The molecule has 7 nitrogen and oxygen atoms in total. The fraction of sp³-hybridized carbons (Fsp3) is 0.421. The van der Waals surface area contributed by atoms with Crippen molar-refractivity contribution in [2.45, 2.75) is 13.3 Å². The van der Waals surface area contributed by atoms with Gasteiger partial charge in [-0.2, -0.15) is 0 Å². The Morgan fingerprint density at radius 3 is 2.27 bits per heavy atom. The molecule has 2 heterocycles. The number of rotatable bonds is 4. The first-order chi connectivity index (χ1) is 12.6. The van der Waals surface area contributed by atoms with Crippen molar-refractivity contribution in [3.63, 3.8) is 0 Å². The highest BCUT2D eigenvalue weighted by Gasteiger charge is 2.22. The molecule has 0 bridgehead atoms. The summed E-state index contributed by atoms with van der Waals surface area (Å²) < 4.78 is 0. The molecule has 0 aliphatic carbocycles.